The summed E-state index contributed by atoms with van der Waals surface area (Å²) in [5.41, 5.74) is 2.14. The standard InChI is InChI=1S/C33H29FN4O4/c1-37(20-23-8-4-2-5-9-23)32(40)22-38(33(41)30-19-24-18-25(34)12-17-29(24)36-30)21-31(39)35-26-13-15-28(16-14-26)42-27-10-6-3-7-11-27/h2-19,36H,20-22H2,1H3,(H,35,39). The van der Waals surface area contributed by atoms with Crippen molar-refractivity contribution in [1.82, 2.24) is 14.8 Å². The average Bonchev–Trinajstić information content (AvgIpc) is 3.42. The first-order chi connectivity index (χ1) is 20.3. The predicted octanol–water partition coefficient (Wildman–Crippen LogP) is 5.84. The van der Waals surface area contributed by atoms with Crippen molar-refractivity contribution in [2.24, 2.45) is 0 Å². The lowest BCUT2D eigenvalue weighted by Crippen LogP contribution is -2.44. The first kappa shape index (κ1) is 28.1. The van der Waals surface area contributed by atoms with E-state index in [0.717, 1.165) is 5.56 Å². The smallest absolute Gasteiger partial charge is 0.271 e. The number of fused-ring (bicyclic) bond motifs is 1. The molecule has 0 radical (unpaired) electrons. The molecule has 5 rings (SSSR count). The van der Waals surface area contributed by atoms with Crippen molar-refractivity contribution in [1.29, 1.82) is 0 Å². The summed E-state index contributed by atoms with van der Waals surface area (Å²) in [5, 5.41) is 3.28. The summed E-state index contributed by atoms with van der Waals surface area (Å²) in [6.45, 7) is -0.365. The third-order valence-electron chi connectivity index (χ3n) is 6.57. The highest BCUT2D eigenvalue weighted by atomic mass is 19.1. The van der Waals surface area contributed by atoms with Crippen molar-refractivity contribution in [2.75, 3.05) is 25.5 Å². The molecule has 0 atom stereocenters. The molecule has 42 heavy (non-hydrogen) atoms. The van der Waals surface area contributed by atoms with Crippen molar-refractivity contribution in [3.05, 3.63) is 126 Å². The highest BCUT2D eigenvalue weighted by Crippen LogP contribution is 2.23. The number of nitrogens with one attached hydrogen (secondary N) is 2. The summed E-state index contributed by atoms with van der Waals surface area (Å²) in [7, 11) is 1.64. The van der Waals surface area contributed by atoms with E-state index in [9.17, 15) is 18.8 Å². The van der Waals surface area contributed by atoms with Crippen LogP contribution >= 0.6 is 0 Å². The molecular formula is C33H29FN4O4. The van der Waals surface area contributed by atoms with Crippen LogP contribution in [0, 0.1) is 5.82 Å². The molecule has 0 aliphatic rings. The number of halogens is 1. The van der Waals surface area contributed by atoms with Crippen molar-refractivity contribution >= 4 is 34.3 Å². The van der Waals surface area contributed by atoms with E-state index in [1.807, 2.05) is 60.7 Å². The second kappa shape index (κ2) is 12.8. The van der Waals surface area contributed by atoms with Crippen LogP contribution in [0.2, 0.25) is 0 Å². The van der Waals surface area contributed by atoms with Crippen LogP contribution in [0.1, 0.15) is 16.1 Å². The van der Waals surface area contributed by atoms with Crippen molar-refractivity contribution in [3.63, 3.8) is 0 Å². The van der Waals surface area contributed by atoms with Gasteiger partial charge in [-0.3, -0.25) is 14.4 Å². The lowest BCUT2D eigenvalue weighted by Gasteiger charge is -2.25. The Morgan fingerprint density at radius 1 is 0.810 bits per heavy atom. The van der Waals surface area contributed by atoms with Crippen molar-refractivity contribution in [2.45, 2.75) is 6.54 Å². The third kappa shape index (κ3) is 7.19. The molecule has 0 saturated carbocycles. The summed E-state index contributed by atoms with van der Waals surface area (Å²) in [6.07, 6.45) is 0. The number of rotatable bonds is 10. The summed E-state index contributed by atoms with van der Waals surface area (Å²) in [4.78, 5) is 45.4. The van der Waals surface area contributed by atoms with Crippen LogP contribution in [0.25, 0.3) is 10.9 Å². The molecule has 1 heterocycles. The summed E-state index contributed by atoms with van der Waals surface area (Å²) < 4.78 is 19.5. The number of hydrogen-bond acceptors (Lipinski definition) is 4. The Kier molecular flexibility index (Phi) is 8.58. The quantitative estimate of drug-likeness (QED) is 0.223. The predicted molar refractivity (Wildman–Crippen MR) is 159 cm³/mol. The van der Waals surface area contributed by atoms with E-state index in [1.165, 1.54) is 34.1 Å². The van der Waals surface area contributed by atoms with Crippen LogP contribution < -0.4 is 10.1 Å². The van der Waals surface area contributed by atoms with Crippen LogP contribution in [-0.4, -0.2) is 52.6 Å². The molecule has 4 aromatic carbocycles. The van der Waals surface area contributed by atoms with Gasteiger partial charge in [0.1, 0.15) is 36.1 Å². The normalized spacial score (nSPS) is 10.7. The number of para-hydroxylation sites is 1. The topological polar surface area (TPSA) is 94.7 Å². The number of H-pyrrole nitrogens is 1. The number of amides is 3. The maximum absolute atomic E-state index is 13.7. The van der Waals surface area contributed by atoms with Gasteiger partial charge in [0.15, 0.2) is 0 Å². The fraction of sp³-hybridized carbons (Fsp3) is 0.121. The molecular weight excluding hydrogens is 535 g/mol. The second-order valence-corrected chi connectivity index (χ2v) is 9.80. The number of ether oxygens (including phenoxy) is 1. The van der Waals surface area contributed by atoms with Gasteiger partial charge in [0.2, 0.25) is 11.8 Å². The van der Waals surface area contributed by atoms with Gasteiger partial charge in [0.25, 0.3) is 5.91 Å². The SMILES string of the molecule is CN(Cc1ccccc1)C(=O)CN(CC(=O)Nc1ccc(Oc2ccccc2)cc1)C(=O)c1cc2cc(F)ccc2[nH]1. The van der Waals surface area contributed by atoms with Crippen LogP contribution in [0.15, 0.2) is 109 Å². The molecule has 0 spiro atoms. The minimum atomic E-state index is -0.560. The maximum Gasteiger partial charge on any atom is 0.271 e. The largest absolute Gasteiger partial charge is 0.457 e. The Morgan fingerprint density at radius 3 is 2.19 bits per heavy atom. The number of nitrogens with zero attached hydrogens (tertiary/aromatic N) is 2. The molecule has 212 valence electrons. The third-order valence-corrected chi connectivity index (χ3v) is 6.57. The molecule has 9 heteroatoms. The first-order valence-corrected chi connectivity index (χ1v) is 13.3. The van der Waals surface area contributed by atoms with Crippen molar-refractivity contribution < 1.29 is 23.5 Å². The van der Waals surface area contributed by atoms with E-state index in [1.54, 1.807) is 31.3 Å². The van der Waals surface area contributed by atoms with E-state index in [-0.39, 0.29) is 24.7 Å². The lowest BCUT2D eigenvalue weighted by molar-refractivity contribution is -0.131. The van der Waals surface area contributed by atoms with Gasteiger partial charge in [-0.05, 0) is 66.2 Å². The highest BCUT2D eigenvalue weighted by molar-refractivity contribution is 6.02. The summed E-state index contributed by atoms with van der Waals surface area (Å²) in [5.74, 6) is -0.543. The van der Waals surface area contributed by atoms with E-state index in [2.05, 4.69) is 10.3 Å². The fourth-order valence-corrected chi connectivity index (χ4v) is 4.42. The van der Waals surface area contributed by atoms with Gasteiger partial charge in [-0.15, -0.1) is 0 Å². The van der Waals surface area contributed by atoms with Gasteiger partial charge in [-0.2, -0.15) is 0 Å². The molecule has 8 nitrogen and oxygen atoms in total. The average molecular weight is 565 g/mol. The van der Waals surface area contributed by atoms with Gasteiger partial charge in [-0.1, -0.05) is 48.5 Å². The Morgan fingerprint density at radius 2 is 1.48 bits per heavy atom. The zero-order valence-corrected chi connectivity index (χ0v) is 22.9. The minimum absolute atomic E-state index is 0.143. The zero-order chi connectivity index (χ0) is 29.5. The van der Waals surface area contributed by atoms with E-state index >= 15 is 0 Å². The zero-order valence-electron chi connectivity index (χ0n) is 22.9. The Labute approximate surface area is 242 Å². The summed E-state index contributed by atoms with van der Waals surface area (Å²) >= 11 is 0. The number of benzene rings is 4. The fourth-order valence-electron chi connectivity index (χ4n) is 4.42. The molecule has 1 aromatic heterocycles. The van der Waals surface area contributed by atoms with Crippen LogP contribution in [0.5, 0.6) is 11.5 Å². The Balaban J connectivity index is 1.29. The molecule has 3 amide bonds. The molecule has 0 saturated heterocycles. The monoisotopic (exact) mass is 564 g/mol. The van der Waals surface area contributed by atoms with Gasteiger partial charge in [0, 0.05) is 30.2 Å². The second-order valence-electron chi connectivity index (χ2n) is 9.80. The highest BCUT2D eigenvalue weighted by Gasteiger charge is 2.25. The molecule has 0 unspecified atom stereocenters. The van der Waals surface area contributed by atoms with Crippen LogP contribution in [0.3, 0.4) is 0 Å². The number of aromatic amines is 1. The van der Waals surface area contributed by atoms with Gasteiger partial charge in [0.05, 0.1) is 0 Å². The van der Waals surface area contributed by atoms with Gasteiger partial charge in [-0.25, -0.2) is 4.39 Å². The number of carbonyl (C=O) groups excluding carboxylic acids is 3. The minimum Gasteiger partial charge on any atom is -0.457 e. The number of carbonyl (C=O) groups is 3. The van der Waals surface area contributed by atoms with Crippen molar-refractivity contribution in [3.8, 4) is 11.5 Å². The van der Waals surface area contributed by atoms with E-state index < -0.39 is 17.6 Å². The molecule has 5 aromatic rings. The van der Waals surface area contributed by atoms with E-state index in [0.29, 0.717) is 34.6 Å². The molecule has 0 fully saturated rings. The molecule has 0 aliphatic carbocycles. The maximum atomic E-state index is 13.7. The molecule has 0 bridgehead atoms. The van der Waals surface area contributed by atoms with Crippen LogP contribution in [0.4, 0.5) is 10.1 Å². The molecule has 0 aliphatic heterocycles. The van der Waals surface area contributed by atoms with Gasteiger partial charge < -0.3 is 24.8 Å². The number of anilines is 1. The van der Waals surface area contributed by atoms with Crippen LogP contribution in [-0.2, 0) is 16.1 Å². The lowest BCUT2D eigenvalue weighted by atomic mass is 10.2. The Hall–Kier alpha value is -5.44. The van der Waals surface area contributed by atoms with E-state index in [4.69, 9.17) is 4.74 Å². The van der Waals surface area contributed by atoms with Gasteiger partial charge >= 0.3 is 0 Å². The number of aromatic nitrogens is 1. The number of likely N-dealkylation sites (N-methyl/N-ethyl adjacent to an activating group) is 1. The Bertz CT molecular complexity index is 1690. The molecule has 2 N–H and O–H groups in total. The first-order valence-electron chi connectivity index (χ1n) is 13.3. The summed E-state index contributed by atoms with van der Waals surface area (Å²) in [6, 6.07) is 31.2. The number of hydrogen-bond donors (Lipinski definition) is 2.